The van der Waals surface area contributed by atoms with Crippen LogP contribution in [0.5, 0.6) is 0 Å². The van der Waals surface area contributed by atoms with E-state index < -0.39 is 0 Å². The summed E-state index contributed by atoms with van der Waals surface area (Å²) in [5.41, 5.74) is 0.923. The lowest BCUT2D eigenvalue weighted by molar-refractivity contribution is 0.750. The van der Waals surface area contributed by atoms with Crippen LogP contribution in [0.1, 0.15) is 19.5 Å². The molecule has 0 spiro atoms. The van der Waals surface area contributed by atoms with Crippen LogP contribution in [-0.2, 0) is 5.75 Å². The van der Waals surface area contributed by atoms with Crippen LogP contribution in [0.3, 0.4) is 0 Å². The normalized spacial score (nSPS) is 11.0. The Hall–Kier alpha value is 0.200. The molecule has 0 amide bonds. The van der Waals surface area contributed by atoms with Crippen molar-refractivity contribution in [1.29, 1.82) is 0 Å². The zero-order valence-electron chi connectivity index (χ0n) is 7.08. The number of nitrogens with zero attached hydrogens (tertiary/aromatic N) is 2. The molecule has 0 aliphatic carbocycles. The molecule has 68 valence electrons. The van der Waals surface area contributed by atoms with Crippen molar-refractivity contribution in [3.05, 3.63) is 10.0 Å². The Morgan fingerprint density at radius 3 is 2.83 bits per heavy atom. The highest BCUT2D eigenvalue weighted by Crippen LogP contribution is 2.22. The van der Waals surface area contributed by atoms with Gasteiger partial charge in [-0.25, -0.2) is 0 Å². The van der Waals surface area contributed by atoms with Gasteiger partial charge in [0.2, 0.25) is 0 Å². The number of thioether (sulfide) groups is 1. The highest BCUT2D eigenvalue weighted by molar-refractivity contribution is 7.98. The van der Waals surface area contributed by atoms with Gasteiger partial charge in [-0.05, 0) is 11.7 Å². The van der Waals surface area contributed by atoms with E-state index in [0.29, 0.717) is 0 Å². The Kier molecular flexibility index (Phi) is 4.32. The summed E-state index contributed by atoms with van der Waals surface area (Å²) in [6, 6.07) is 0. The van der Waals surface area contributed by atoms with Crippen LogP contribution in [0.4, 0.5) is 0 Å². The fraction of sp³-hybridized carbons (Fsp3) is 0.714. The molecule has 1 heterocycles. The highest BCUT2D eigenvalue weighted by atomic mass is 35.5. The molecular formula is C7H11ClN2S2. The summed E-state index contributed by atoms with van der Waals surface area (Å²) in [5.74, 6) is 2.75. The second-order valence-corrected chi connectivity index (χ2v) is 5.29. The molecule has 0 N–H and O–H groups in total. The number of hydrogen-bond donors (Lipinski definition) is 0. The van der Waals surface area contributed by atoms with Crippen LogP contribution in [0, 0.1) is 5.92 Å². The van der Waals surface area contributed by atoms with Gasteiger partial charge in [-0.15, -0.1) is 5.10 Å². The summed E-state index contributed by atoms with van der Waals surface area (Å²) in [5, 5.41) is 3.93. The average Bonchev–Trinajstić information content (AvgIpc) is 2.36. The van der Waals surface area contributed by atoms with E-state index in [9.17, 15) is 0 Å². The Labute approximate surface area is 85.9 Å². The fourth-order valence-corrected chi connectivity index (χ4v) is 2.46. The maximum Gasteiger partial charge on any atom is 0.138 e. The zero-order chi connectivity index (χ0) is 8.97. The van der Waals surface area contributed by atoms with Gasteiger partial charge in [0.1, 0.15) is 10.0 Å². The van der Waals surface area contributed by atoms with E-state index in [2.05, 4.69) is 23.4 Å². The summed E-state index contributed by atoms with van der Waals surface area (Å²) in [6.45, 7) is 4.40. The average molecular weight is 223 g/mol. The van der Waals surface area contributed by atoms with E-state index in [1.165, 1.54) is 11.5 Å². The van der Waals surface area contributed by atoms with Crippen molar-refractivity contribution in [3.8, 4) is 0 Å². The molecule has 0 aliphatic heterocycles. The largest absolute Gasteiger partial charge is 0.155 e. The third-order valence-electron chi connectivity index (χ3n) is 1.20. The van der Waals surface area contributed by atoms with E-state index in [4.69, 9.17) is 11.6 Å². The molecule has 0 radical (unpaired) electrons. The third kappa shape index (κ3) is 3.29. The lowest BCUT2D eigenvalue weighted by atomic mass is 10.3. The van der Waals surface area contributed by atoms with Crippen molar-refractivity contribution >= 4 is 34.9 Å². The van der Waals surface area contributed by atoms with Gasteiger partial charge in [0.05, 0.1) is 0 Å². The van der Waals surface area contributed by atoms with E-state index in [1.807, 2.05) is 11.8 Å². The molecular weight excluding hydrogens is 212 g/mol. The Balaban J connectivity index is 2.29. The maximum absolute atomic E-state index is 5.84. The van der Waals surface area contributed by atoms with Gasteiger partial charge >= 0.3 is 0 Å². The zero-order valence-corrected chi connectivity index (χ0v) is 9.47. The summed E-state index contributed by atoms with van der Waals surface area (Å²) in [7, 11) is 0. The SMILES string of the molecule is CC(C)CSCc1nnsc1Cl. The number of rotatable bonds is 4. The highest BCUT2D eigenvalue weighted by Gasteiger charge is 2.04. The first-order chi connectivity index (χ1) is 5.70. The molecule has 1 rings (SSSR count). The van der Waals surface area contributed by atoms with Gasteiger partial charge in [0.15, 0.2) is 0 Å². The lowest BCUT2D eigenvalue weighted by Crippen LogP contribution is -1.92. The second kappa shape index (κ2) is 5.04. The van der Waals surface area contributed by atoms with Gasteiger partial charge < -0.3 is 0 Å². The molecule has 12 heavy (non-hydrogen) atoms. The maximum atomic E-state index is 5.84. The predicted octanol–water partition coefficient (Wildman–Crippen LogP) is 3.08. The van der Waals surface area contributed by atoms with Gasteiger partial charge in [-0.3, -0.25) is 0 Å². The minimum Gasteiger partial charge on any atom is -0.155 e. The van der Waals surface area contributed by atoms with Crippen molar-refractivity contribution in [2.45, 2.75) is 19.6 Å². The Bertz CT molecular complexity index is 237. The molecule has 0 aliphatic rings. The van der Waals surface area contributed by atoms with Crippen LogP contribution in [-0.4, -0.2) is 15.3 Å². The van der Waals surface area contributed by atoms with Gasteiger partial charge in [-0.1, -0.05) is 29.9 Å². The molecule has 0 aromatic carbocycles. The molecule has 0 atom stereocenters. The quantitative estimate of drug-likeness (QED) is 0.783. The first-order valence-electron chi connectivity index (χ1n) is 3.74. The molecule has 0 saturated heterocycles. The van der Waals surface area contributed by atoms with E-state index >= 15 is 0 Å². The van der Waals surface area contributed by atoms with E-state index in [0.717, 1.165) is 27.5 Å². The molecule has 1 aromatic heterocycles. The molecule has 0 saturated carbocycles. The standard InChI is InChI=1S/C7H11ClN2S2/c1-5(2)3-11-4-6-7(8)12-10-9-6/h5H,3-4H2,1-2H3. The Morgan fingerprint density at radius 2 is 2.33 bits per heavy atom. The topological polar surface area (TPSA) is 25.8 Å². The lowest BCUT2D eigenvalue weighted by Gasteiger charge is -2.01. The Morgan fingerprint density at radius 1 is 1.58 bits per heavy atom. The first kappa shape index (κ1) is 10.3. The van der Waals surface area contributed by atoms with Crippen LogP contribution in [0.25, 0.3) is 0 Å². The fourth-order valence-electron chi connectivity index (χ4n) is 0.674. The number of hydrogen-bond acceptors (Lipinski definition) is 4. The van der Waals surface area contributed by atoms with Crippen LogP contribution in [0.2, 0.25) is 4.34 Å². The van der Waals surface area contributed by atoms with Crippen molar-refractivity contribution in [3.63, 3.8) is 0 Å². The molecule has 0 bridgehead atoms. The molecule has 1 aromatic rings. The summed E-state index contributed by atoms with van der Waals surface area (Å²) in [4.78, 5) is 0. The summed E-state index contributed by atoms with van der Waals surface area (Å²) < 4.78 is 4.49. The third-order valence-corrected chi connectivity index (χ3v) is 3.56. The van der Waals surface area contributed by atoms with Gasteiger partial charge in [-0.2, -0.15) is 11.8 Å². The van der Waals surface area contributed by atoms with Crippen LogP contribution in [0.15, 0.2) is 0 Å². The minimum absolute atomic E-state index is 0.723. The number of aromatic nitrogens is 2. The van der Waals surface area contributed by atoms with Crippen LogP contribution < -0.4 is 0 Å². The molecule has 5 heteroatoms. The number of halogens is 1. The van der Waals surface area contributed by atoms with Crippen LogP contribution >= 0.6 is 34.9 Å². The predicted molar refractivity (Wildman–Crippen MR) is 55.9 cm³/mol. The van der Waals surface area contributed by atoms with E-state index in [-0.39, 0.29) is 0 Å². The minimum atomic E-state index is 0.723. The second-order valence-electron chi connectivity index (χ2n) is 2.90. The van der Waals surface area contributed by atoms with E-state index in [1.54, 1.807) is 0 Å². The van der Waals surface area contributed by atoms with Gasteiger partial charge in [0, 0.05) is 17.3 Å². The van der Waals surface area contributed by atoms with Crippen molar-refractivity contribution < 1.29 is 0 Å². The molecule has 0 unspecified atom stereocenters. The smallest absolute Gasteiger partial charge is 0.138 e. The molecule has 2 nitrogen and oxygen atoms in total. The summed E-state index contributed by atoms with van der Waals surface area (Å²) in [6.07, 6.45) is 0. The van der Waals surface area contributed by atoms with Crippen molar-refractivity contribution in [2.75, 3.05) is 5.75 Å². The monoisotopic (exact) mass is 222 g/mol. The van der Waals surface area contributed by atoms with Crippen molar-refractivity contribution in [1.82, 2.24) is 9.59 Å². The first-order valence-corrected chi connectivity index (χ1v) is 6.05. The van der Waals surface area contributed by atoms with Crippen molar-refractivity contribution in [2.24, 2.45) is 5.92 Å². The van der Waals surface area contributed by atoms with Gasteiger partial charge in [0.25, 0.3) is 0 Å². The molecule has 0 fully saturated rings. The summed E-state index contributed by atoms with van der Waals surface area (Å²) >= 11 is 8.94.